The van der Waals surface area contributed by atoms with Crippen molar-refractivity contribution in [2.45, 2.75) is 77.0 Å². The largest absolute Gasteiger partial charge is 0.0953 e. The second-order valence-corrected chi connectivity index (χ2v) is 18.1. The van der Waals surface area contributed by atoms with Crippen LogP contribution in [-0.4, -0.2) is 0 Å². The lowest BCUT2D eigenvalue weighted by Crippen LogP contribution is -2.46. The van der Waals surface area contributed by atoms with E-state index in [2.05, 4.69) is 147 Å². The maximum atomic E-state index is 4.54. The number of hydrogen-bond acceptors (Lipinski definition) is 0. The Kier molecular flexibility index (Phi) is 9.06. The van der Waals surface area contributed by atoms with Crippen LogP contribution in [0.2, 0.25) is 0 Å². The van der Waals surface area contributed by atoms with Crippen LogP contribution in [0.1, 0.15) is 88.2 Å². The zero-order valence-corrected chi connectivity index (χ0v) is 31.1. The summed E-state index contributed by atoms with van der Waals surface area (Å²) in [6, 6.07) is 39.0. The Morgan fingerprint density at radius 1 is 0.385 bits per heavy atom. The molecular formula is C52H56. The van der Waals surface area contributed by atoms with Crippen LogP contribution in [-0.2, 0) is 0 Å². The predicted octanol–water partition coefficient (Wildman–Crippen LogP) is 14.3. The molecule has 0 spiro atoms. The summed E-state index contributed by atoms with van der Waals surface area (Å²) < 4.78 is 0. The first-order valence-corrected chi connectivity index (χ1v) is 20.5. The Labute approximate surface area is 313 Å². The highest BCUT2D eigenvalue weighted by Gasteiger charge is 2.52. The van der Waals surface area contributed by atoms with Crippen LogP contribution < -0.4 is 0 Å². The highest BCUT2D eigenvalue weighted by atomic mass is 14.6. The van der Waals surface area contributed by atoms with Crippen LogP contribution in [0.3, 0.4) is 0 Å². The van der Waals surface area contributed by atoms with Crippen molar-refractivity contribution < 1.29 is 0 Å². The summed E-state index contributed by atoms with van der Waals surface area (Å²) in [6.45, 7) is 9.08. The quantitative estimate of drug-likeness (QED) is 0.163. The standard InChI is InChI=1S/2C26H28/c2*1-19(26-16-21-13-22(17-26)15-23(14-21)18-26)7-8-20-9-11-25(12-10-20)24-5-3-2-4-6-24/h2*2-12,21-23H,1,13-18H2/b2*8-7+. The van der Waals surface area contributed by atoms with E-state index in [0.29, 0.717) is 10.8 Å². The Balaban J connectivity index is 0.000000138. The zero-order valence-electron chi connectivity index (χ0n) is 31.1. The molecule has 0 aliphatic heterocycles. The lowest BCUT2D eigenvalue weighted by Gasteiger charge is -2.57. The molecule has 52 heavy (non-hydrogen) atoms. The molecule has 8 aliphatic rings. The van der Waals surface area contributed by atoms with Crippen LogP contribution in [0.5, 0.6) is 0 Å². The van der Waals surface area contributed by atoms with Gasteiger partial charge in [-0.25, -0.2) is 0 Å². The van der Waals surface area contributed by atoms with Gasteiger partial charge in [0.1, 0.15) is 0 Å². The highest BCUT2D eigenvalue weighted by molar-refractivity contribution is 5.67. The van der Waals surface area contributed by atoms with Gasteiger partial charge in [0.2, 0.25) is 0 Å². The minimum atomic E-state index is 0.426. The maximum absolute atomic E-state index is 4.54. The lowest BCUT2D eigenvalue weighted by atomic mass is 9.48. The second kappa shape index (κ2) is 14.0. The Morgan fingerprint density at radius 3 is 0.942 bits per heavy atom. The summed E-state index contributed by atoms with van der Waals surface area (Å²) in [5, 5.41) is 0. The molecule has 0 unspecified atom stereocenters. The fourth-order valence-corrected chi connectivity index (χ4v) is 12.6. The normalized spacial score (nSPS) is 32.2. The number of hydrogen-bond donors (Lipinski definition) is 0. The number of rotatable bonds is 8. The van der Waals surface area contributed by atoms with Crippen molar-refractivity contribution in [3.05, 3.63) is 157 Å². The van der Waals surface area contributed by atoms with E-state index in [1.54, 1.807) is 0 Å². The van der Waals surface area contributed by atoms with E-state index in [9.17, 15) is 0 Å². The molecule has 8 saturated carbocycles. The number of benzene rings is 4. The molecule has 0 saturated heterocycles. The molecule has 8 aliphatic carbocycles. The Hall–Kier alpha value is -4.16. The van der Waals surface area contributed by atoms with E-state index >= 15 is 0 Å². The Morgan fingerprint density at radius 2 is 0.654 bits per heavy atom. The topological polar surface area (TPSA) is 0 Å². The van der Waals surface area contributed by atoms with Gasteiger partial charge in [0, 0.05) is 0 Å². The molecule has 8 bridgehead atoms. The maximum Gasteiger partial charge on any atom is -0.00449 e. The first-order valence-electron chi connectivity index (χ1n) is 20.5. The Bertz CT molecular complexity index is 1720. The molecule has 0 radical (unpaired) electrons. The van der Waals surface area contributed by atoms with Crippen LogP contribution in [0, 0.1) is 46.3 Å². The van der Waals surface area contributed by atoms with Gasteiger partial charge in [0.25, 0.3) is 0 Å². The van der Waals surface area contributed by atoms with E-state index in [4.69, 9.17) is 0 Å². The molecule has 264 valence electrons. The van der Waals surface area contributed by atoms with E-state index in [1.807, 2.05) is 0 Å². The third kappa shape index (κ3) is 6.87. The van der Waals surface area contributed by atoms with Crippen molar-refractivity contribution in [3.8, 4) is 22.3 Å². The summed E-state index contributed by atoms with van der Waals surface area (Å²) in [5.41, 5.74) is 11.3. The number of allylic oxidation sites excluding steroid dienone is 4. The van der Waals surface area contributed by atoms with Gasteiger partial charge in [-0.15, -0.1) is 0 Å². The van der Waals surface area contributed by atoms with Crippen LogP contribution in [0.4, 0.5) is 0 Å². The summed E-state index contributed by atoms with van der Waals surface area (Å²) in [4.78, 5) is 0. The predicted molar refractivity (Wildman–Crippen MR) is 221 cm³/mol. The van der Waals surface area contributed by atoms with Gasteiger partial charge < -0.3 is 0 Å². The first-order chi connectivity index (χ1) is 25.4. The van der Waals surface area contributed by atoms with Crippen LogP contribution >= 0.6 is 0 Å². The molecule has 0 atom stereocenters. The van der Waals surface area contributed by atoms with Gasteiger partial charge in [0.05, 0.1) is 0 Å². The molecule has 0 amide bonds. The monoisotopic (exact) mass is 680 g/mol. The molecule has 0 aromatic heterocycles. The smallest absolute Gasteiger partial charge is 0.00449 e. The molecular weight excluding hydrogens is 625 g/mol. The van der Waals surface area contributed by atoms with Gasteiger partial charge in [-0.1, -0.05) is 147 Å². The summed E-state index contributed by atoms with van der Waals surface area (Å²) in [7, 11) is 0. The molecule has 4 aromatic rings. The molecule has 4 aromatic carbocycles. The minimum Gasteiger partial charge on any atom is -0.0953 e. The molecule has 12 rings (SSSR count). The average molecular weight is 681 g/mol. The average Bonchev–Trinajstić information content (AvgIpc) is 3.16. The lowest BCUT2D eigenvalue weighted by molar-refractivity contribution is -0.0283. The SMILES string of the molecule is C=C(/C=C/c1ccc(-c2ccccc2)cc1)C12CC3CC(CC(C3)C1)C2.C=C(/C=C/c1ccc(-c2ccccc2)cc1)C12CC3CC(CC(C3)C1)C2. The van der Waals surface area contributed by atoms with Crippen molar-refractivity contribution in [1.82, 2.24) is 0 Å². The van der Waals surface area contributed by atoms with Crippen molar-refractivity contribution in [2.24, 2.45) is 46.3 Å². The fourth-order valence-electron chi connectivity index (χ4n) is 12.6. The van der Waals surface area contributed by atoms with Gasteiger partial charge in [-0.05, 0) is 168 Å². The minimum absolute atomic E-state index is 0.426. The first kappa shape index (κ1) is 33.7. The van der Waals surface area contributed by atoms with Crippen LogP contribution in [0.15, 0.2) is 146 Å². The van der Waals surface area contributed by atoms with Crippen molar-refractivity contribution >= 4 is 12.2 Å². The second-order valence-electron chi connectivity index (χ2n) is 18.1. The summed E-state index contributed by atoms with van der Waals surface area (Å²) in [5.74, 6) is 5.90. The van der Waals surface area contributed by atoms with E-state index < -0.39 is 0 Å². The third-order valence-electron chi connectivity index (χ3n) is 14.4. The van der Waals surface area contributed by atoms with Crippen LogP contribution in [0.25, 0.3) is 34.4 Å². The van der Waals surface area contributed by atoms with Gasteiger partial charge in [-0.2, -0.15) is 0 Å². The third-order valence-corrected chi connectivity index (χ3v) is 14.4. The fraction of sp³-hybridized carbons (Fsp3) is 0.385. The van der Waals surface area contributed by atoms with Gasteiger partial charge in [-0.3, -0.25) is 0 Å². The van der Waals surface area contributed by atoms with Crippen molar-refractivity contribution in [3.63, 3.8) is 0 Å². The van der Waals surface area contributed by atoms with E-state index in [0.717, 1.165) is 35.5 Å². The zero-order chi connectivity index (χ0) is 35.1. The molecule has 0 nitrogen and oxygen atoms in total. The van der Waals surface area contributed by atoms with E-state index in [1.165, 1.54) is 122 Å². The molecule has 0 heteroatoms. The van der Waals surface area contributed by atoms with Crippen molar-refractivity contribution in [2.75, 3.05) is 0 Å². The molecule has 0 heterocycles. The summed E-state index contributed by atoms with van der Waals surface area (Å²) in [6.07, 6.45) is 26.6. The highest BCUT2D eigenvalue weighted by Crippen LogP contribution is 2.63. The summed E-state index contributed by atoms with van der Waals surface area (Å²) >= 11 is 0. The van der Waals surface area contributed by atoms with Gasteiger partial charge in [0.15, 0.2) is 0 Å². The van der Waals surface area contributed by atoms with Crippen molar-refractivity contribution in [1.29, 1.82) is 0 Å². The van der Waals surface area contributed by atoms with E-state index in [-0.39, 0.29) is 0 Å². The van der Waals surface area contributed by atoms with Gasteiger partial charge >= 0.3 is 0 Å². The molecule has 0 N–H and O–H groups in total. The molecule has 8 fully saturated rings.